The number of rotatable bonds is 5. The van der Waals surface area contributed by atoms with Crippen molar-refractivity contribution in [3.8, 4) is 0 Å². The lowest BCUT2D eigenvalue weighted by Crippen LogP contribution is -2.08. The largest absolute Gasteiger partial charge is 0.478 e. The highest BCUT2D eigenvalue weighted by atomic mass is 79.9. The van der Waals surface area contributed by atoms with Crippen molar-refractivity contribution in [3.63, 3.8) is 0 Å². The van der Waals surface area contributed by atoms with Crippen LogP contribution in [0.1, 0.15) is 15.9 Å². The van der Waals surface area contributed by atoms with Gasteiger partial charge in [0.05, 0.1) is 11.3 Å². The van der Waals surface area contributed by atoms with E-state index in [2.05, 4.69) is 21.2 Å². The van der Waals surface area contributed by atoms with E-state index in [0.717, 1.165) is 14.9 Å². The third kappa shape index (κ3) is 3.35. The van der Waals surface area contributed by atoms with Crippen LogP contribution in [0.3, 0.4) is 0 Å². The Kier molecular flexibility index (Phi) is 5.09. The first kappa shape index (κ1) is 14.9. The Labute approximate surface area is 130 Å². The Hall–Kier alpha value is -1.46. The summed E-state index contributed by atoms with van der Waals surface area (Å²) in [5, 5.41) is 12.6. The third-order valence-corrected chi connectivity index (χ3v) is 4.44. The molecule has 0 aliphatic rings. The van der Waals surface area contributed by atoms with Crippen LogP contribution in [0.25, 0.3) is 0 Å². The summed E-state index contributed by atoms with van der Waals surface area (Å²) >= 11 is 4.92. The van der Waals surface area contributed by atoms with Crippen LogP contribution in [-0.2, 0) is 6.54 Å². The predicted octanol–water partition coefficient (Wildman–Crippen LogP) is 4.48. The van der Waals surface area contributed by atoms with Crippen molar-refractivity contribution >= 4 is 39.3 Å². The van der Waals surface area contributed by atoms with Crippen molar-refractivity contribution in [2.75, 3.05) is 11.6 Å². The van der Waals surface area contributed by atoms with E-state index in [4.69, 9.17) is 0 Å². The molecule has 0 saturated carbocycles. The number of nitrogens with one attached hydrogen (secondary N) is 1. The van der Waals surface area contributed by atoms with Gasteiger partial charge in [-0.25, -0.2) is 4.79 Å². The van der Waals surface area contributed by atoms with E-state index in [1.54, 1.807) is 6.07 Å². The summed E-state index contributed by atoms with van der Waals surface area (Å²) in [6.45, 7) is 0.569. The summed E-state index contributed by atoms with van der Waals surface area (Å²) in [5.74, 6) is -0.912. The van der Waals surface area contributed by atoms with Crippen LogP contribution in [0, 0.1) is 0 Å². The molecule has 2 N–H and O–H groups in total. The molecule has 2 rings (SSSR count). The minimum atomic E-state index is -0.912. The Morgan fingerprint density at radius 2 is 2.00 bits per heavy atom. The van der Waals surface area contributed by atoms with Crippen LogP contribution in [0.15, 0.2) is 51.8 Å². The fraction of sp³-hybridized carbons (Fsp3) is 0.133. The average Bonchev–Trinajstić information content (AvgIpc) is 2.45. The molecule has 0 radical (unpaired) electrons. The third-order valence-electron chi connectivity index (χ3n) is 2.89. The number of carboxylic acids is 1. The van der Waals surface area contributed by atoms with E-state index in [0.29, 0.717) is 17.8 Å². The van der Waals surface area contributed by atoms with Crippen LogP contribution < -0.4 is 5.32 Å². The second-order valence-corrected chi connectivity index (χ2v) is 5.84. The van der Waals surface area contributed by atoms with E-state index < -0.39 is 5.97 Å². The molecule has 0 aromatic heterocycles. The molecule has 104 valence electrons. The van der Waals surface area contributed by atoms with Crippen LogP contribution in [-0.4, -0.2) is 17.3 Å². The molecule has 5 heteroatoms. The van der Waals surface area contributed by atoms with Crippen molar-refractivity contribution in [2.24, 2.45) is 0 Å². The van der Waals surface area contributed by atoms with Gasteiger partial charge in [0, 0.05) is 15.9 Å². The molecule has 2 aromatic carbocycles. The number of anilines is 1. The molecule has 0 fully saturated rings. The molecule has 0 atom stereocenters. The van der Waals surface area contributed by atoms with Gasteiger partial charge in [0.2, 0.25) is 0 Å². The van der Waals surface area contributed by atoms with Crippen molar-refractivity contribution in [3.05, 3.63) is 58.1 Å². The second kappa shape index (κ2) is 6.81. The second-order valence-electron chi connectivity index (χ2n) is 4.13. The quantitative estimate of drug-likeness (QED) is 0.779. The van der Waals surface area contributed by atoms with Gasteiger partial charge < -0.3 is 10.4 Å². The molecule has 0 saturated heterocycles. The standard InChI is InChI=1S/C15H14BrNO2S/c1-20-13-8-4-7-12(14(13)15(18)19)17-9-10-5-2-3-6-11(10)16/h2-8,17H,9H2,1H3,(H,18,19). The Morgan fingerprint density at radius 3 is 2.65 bits per heavy atom. The predicted molar refractivity (Wildman–Crippen MR) is 86.7 cm³/mol. The summed E-state index contributed by atoms with van der Waals surface area (Å²) in [7, 11) is 0. The number of carbonyl (C=O) groups is 1. The van der Waals surface area contributed by atoms with Gasteiger partial charge >= 0.3 is 5.97 Å². The Morgan fingerprint density at radius 1 is 1.25 bits per heavy atom. The molecule has 0 heterocycles. The molecule has 20 heavy (non-hydrogen) atoms. The van der Waals surface area contributed by atoms with Crippen molar-refractivity contribution in [2.45, 2.75) is 11.4 Å². The van der Waals surface area contributed by atoms with E-state index in [1.807, 2.05) is 42.7 Å². The van der Waals surface area contributed by atoms with Crippen LogP contribution in [0.5, 0.6) is 0 Å². The van der Waals surface area contributed by atoms with E-state index in [1.165, 1.54) is 11.8 Å². The SMILES string of the molecule is CSc1cccc(NCc2ccccc2Br)c1C(=O)O. The van der Waals surface area contributed by atoms with Gasteiger partial charge in [-0.15, -0.1) is 11.8 Å². The number of halogens is 1. The van der Waals surface area contributed by atoms with Crippen LogP contribution >= 0.6 is 27.7 Å². The minimum absolute atomic E-state index is 0.326. The lowest BCUT2D eigenvalue weighted by Gasteiger charge is -2.13. The Bertz CT molecular complexity index is 631. The maximum atomic E-state index is 11.4. The maximum Gasteiger partial charge on any atom is 0.338 e. The molecule has 0 spiro atoms. The number of benzene rings is 2. The highest BCUT2D eigenvalue weighted by molar-refractivity contribution is 9.10. The summed E-state index contributed by atoms with van der Waals surface area (Å²) < 4.78 is 1.00. The van der Waals surface area contributed by atoms with Crippen LogP contribution in [0.2, 0.25) is 0 Å². The van der Waals surface area contributed by atoms with E-state index in [-0.39, 0.29) is 0 Å². The van der Waals surface area contributed by atoms with Gasteiger partial charge in [-0.3, -0.25) is 0 Å². The van der Waals surface area contributed by atoms with Crippen molar-refractivity contribution in [1.29, 1.82) is 0 Å². The molecule has 0 aliphatic heterocycles. The normalized spacial score (nSPS) is 10.3. The van der Waals surface area contributed by atoms with Gasteiger partial charge in [-0.1, -0.05) is 40.2 Å². The lowest BCUT2D eigenvalue weighted by molar-refractivity contribution is 0.0694. The zero-order valence-electron chi connectivity index (χ0n) is 10.9. The maximum absolute atomic E-state index is 11.4. The summed E-state index contributed by atoms with van der Waals surface area (Å²) in [6, 6.07) is 13.3. The van der Waals surface area contributed by atoms with E-state index >= 15 is 0 Å². The topological polar surface area (TPSA) is 49.3 Å². The molecule has 3 nitrogen and oxygen atoms in total. The smallest absolute Gasteiger partial charge is 0.338 e. The summed E-state index contributed by atoms with van der Waals surface area (Å²) in [6.07, 6.45) is 1.87. The van der Waals surface area contributed by atoms with Gasteiger partial charge in [0.25, 0.3) is 0 Å². The number of hydrogen-bond acceptors (Lipinski definition) is 3. The first-order chi connectivity index (χ1) is 9.63. The van der Waals surface area contributed by atoms with Gasteiger partial charge in [0.1, 0.15) is 0 Å². The summed E-state index contributed by atoms with van der Waals surface area (Å²) in [4.78, 5) is 12.2. The zero-order valence-corrected chi connectivity index (χ0v) is 13.3. The van der Waals surface area contributed by atoms with Gasteiger partial charge in [0.15, 0.2) is 0 Å². The highest BCUT2D eigenvalue weighted by Crippen LogP contribution is 2.28. The molecule has 0 amide bonds. The lowest BCUT2D eigenvalue weighted by atomic mass is 10.1. The zero-order chi connectivity index (χ0) is 14.5. The number of aromatic carboxylic acids is 1. The first-order valence-electron chi connectivity index (χ1n) is 6.01. The van der Waals surface area contributed by atoms with Crippen LogP contribution in [0.4, 0.5) is 5.69 Å². The molecule has 0 aliphatic carbocycles. The monoisotopic (exact) mass is 351 g/mol. The Balaban J connectivity index is 2.26. The average molecular weight is 352 g/mol. The van der Waals surface area contributed by atoms with Crippen molar-refractivity contribution < 1.29 is 9.90 Å². The van der Waals surface area contributed by atoms with Gasteiger partial charge in [-0.05, 0) is 30.0 Å². The molecule has 0 bridgehead atoms. The van der Waals surface area contributed by atoms with Gasteiger partial charge in [-0.2, -0.15) is 0 Å². The summed E-state index contributed by atoms with van der Waals surface area (Å²) in [5.41, 5.74) is 2.05. The highest BCUT2D eigenvalue weighted by Gasteiger charge is 2.14. The van der Waals surface area contributed by atoms with Crippen molar-refractivity contribution in [1.82, 2.24) is 0 Å². The molecular weight excluding hydrogens is 338 g/mol. The minimum Gasteiger partial charge on any atom is -0.478 e. The number of thioether (sulfide) groups is 1. The number of hydrogen-bond donors (Lipinski definition) is 2. The first-order valence-corrected chi connectivity index (χ1v) is 8.03. The fourth-order valence-electron chi connectivity index (χ4n) is 1.90. The molecule has 2 aromatic rings. The molecule has 0 unspecified atom stereocenters. The number of carboxylic acid groups (broad SMARTS) is 1. The molecular formula is C15H14BrNO2S. The van der Waals surface area contributed by atoms with E-state index in [9.17, 15) is 9.90 Å². The fourth-order valence-corrected chi connectivity index (χ4v) is 2.94.